The number of hydrogen-bond donors (Lipinski definition) is 0. The molecule has 0 spiro atoms. The van der Waals surface area contributed by atoms with Crippen LogP contribution in [0.2, 0.25) is 0 Å². The predicted octanol–water partition coefficient (Wildman–Crippen LogP) is 5.80. The number of rotatable bonds is 2. The molecule has 0 nitrogen and oxygen atoms in total. The van der Waals surface area contributed by atoms with Crippen LogP contribution in [-0.4, -0.2) is 24.7 Å². The Morgan fingerprint density at radius 1 is 0.409 bits per heavy atom. The molecule has 0 aromatic rings. The second kappa shape index (κ2) is 5.22. The molecule has 0 N–H and O–H groups in total. The summed E-state index contributed by atoms with van der Waals surface area (Å²) >= 11 is 0. The summed E-state index contributed by atoms with van der Waals surface area (Å²) in [5, 5.41) is 0. The summed E-state index contributed by atoms with van der Waals surface area (Å²) in [6, 6.07) is 0. The molecule has 0 saturated carbocycles. The maximum Gasteiger partial charge on any atom is 0.406 e. The fourth-order valence-corrected chi connectivity index (χ4v) is 1.03. The largest absolute Gasteiger partial charge is 0.406 e. The van der Waals surface area contributed by atoms with E-state index in [2.05, 4.69) is 0 Å². The predicted molar refractivity (Wildman–Crippen MR) is 49.6 cm³/mol. The normalized spacial score (nSPS) is 16.5. The maximum atomic E-state index is 12.4. The van der Waals surface area contributed by atoms with Crippen molar-refractivity contribution in [1.29, 1.82) is 0 Å². The van der Waals surface area contributed by atoms with Gasteiger partial charge in [-0.15, -0.1) is 0 Å². The molecule has 22 heavy (non-hydrogen) atoms. The Morgan fingerprint density at radius 3 is 0.636 bits per heavy atom. The van der Waals surface area contributed by atoms with E-state index < -0.39 is 61.5 Å². The smallest absolute Gasteiger partial charge is 0.170 e. The van der Waals surface area contributed by atoms with Crippen molar-refractivity contribution >= 4 is 0 Å². The molecule has 0 saturated heterocycles. The van der Waals surface area contributed by atoms with Crippen molar-refractivity contribution in [3.63, 3.8) is 0 Å². The van der Waals surface area contributed by atoms with Crippen LogP contribution in [0, 0.1) is 10.8 Å². The van der Waals surface area contributed by atoms with Crippen LogP contribution in [0.4, 0.5) is 52.7 Å². The Morgan fingerprint density at radius 2 is 0.545 bits per heavy atom. The zero-order valence-electron chi connectivity index (χ0n) is 10.7. The van der Waals surface area contributed by atoms with Crippen molar-refractivity contribution in [2.75, 3.05) is 0 Å². The van der Waals surface area contributed by atoms with Gasteiger partial charge in [-0.2, -0.15) is 52.7 Å². The van der Waals surface area contributed by atoms with Gasteiger partial charge < -0.3 is 0 Å². The van der Waals surface area contributed by atoms with Crippen LogP contribution in [0.5, 0.6) is 0 Å². The zero-order valence-corrected chi connectivity index (χ0v) is 10.7. The molecule has 132 valence electrons. The highest BCUT2D eigenvalue weighted by Gasteiger charge is 2.69. The molecule has 0 radical (unpaired) electrons. The van der Waals surface area contributed by atoms with Gasteiger partial charge in [0, 0.05) is 0 Å². The van der Waals surface area contributed by atoms with E-state index in [1.807, 2.05) is 0 Å². The summed E-state index contributed by atoms with van der Waals surface area (Å²) in [6.07, 6.45) is -26.9. The SMILES string of the molecule is CC(C=CC(C)(C(F)(F)F)C(F)(F)F)(C(F)(F)F)C(F)(F)F. The van der Waals surface area contributed by atoms with E-state index in [1.54, 1.807) is 0 Å². The first kappa shape index (κ1) is 20.9. The van der Waals surface area contributed by atoms with Crippen LogP contribution in [-0.2, 0) is 0 Å². The van der Waals surface area contributed by atoms with E-state index in [0.29, 0.717) is 0 Å². The molecule has 0 aliphatic rings. The molecule has 0 amide bonds. The minimum absolute atomic E-state index is 0.559. The topological polar surface area (TPSA) is 0 Å². The second-order valence-corrected chi connectivity index (χ2v) is 4.73. The summed E-state index contributed by atoms with van der Waals surface area (Å²) in [7, 11) is 0. The van der Waals surface area contributed by atoms with Crippen molar-refractivity contribution in [3.05, 3.63) is 12.2 Å². The Balaban J connectivity index is 6.18. The van der Waals surface area contributed by atoms with Crippen LogP contribution in [0.1, 0.15) is 13.8 Å². The summed E-state index contributed by atoms with van der Waals surface area (Å²) in [5.74, 6) is 0. The molecule has 0 unspecified atom stereocenters. The summed E-state index contributed by atoms with van der Waals surface area (Å²) in [5.41, 5.74) is -9.73. The van der Waals surface area contributed by atoms with Gasteiger partial charge in [0.15, 0.2) is 10.8 Å². The molecular weight excluding hydrogens is 348 g/mol. The molecule has 0 bridgehead atoms. The summed E-state index contributed by atoms with van der Waals surface area (Å²) in [6.45, 7) is -1.12. The summed E-state index contributed by atoms with van der Waals surface area (Å²) < 4.78 is 149. The molecule has 0 aromatic heterocycles. The van der Waals surface area contributed by atoms with Gasteiger partial charge in [0.05, 0.1) is 0 Å². The van der Waals surface area contributed by atoms with E-state index >= 15 is 0 Å². The number of allylic oxidation sites excluding steroid dienone is 2. The third kappa shape index (κ3) is 3.45. The van der Waals surface area contributed by atoms with Crippen LogP contribution in [0.15, 0.2) is 12.2 Å². The Hall–Kier alpha value is -1.10. The molecule has 12 heteroatoms. The van der Waals surface area contributed by atoms with Gasteiger partial charge in [-0.1, -0.05) is 12.2 Å². The van der Waals surface area contributed by atoms with Crippen molar-refractivity contribution in [2.24, 2.45) is 10.8 Å². The minimum atomic E-state index is -6.14. The quantitative estimate of drug-likeness (QED) is 0.433. The van der Waals surface area contributed by atoms with Gasteiger partial charge in [-0.05, 0) is 13.8 Å². The lowest BCUT2D eigenvalue weighted by Crippen LogP contribution is -2.49. The van der Waals surface area contributed by atoms with Crippen molar-refractivity contribution < 1.29 is 52.7 Å². The average Bonchev–Trinajstić information content (AvgIpc) is 2.18. The molecule has 0 heterocycles. The van der Waals surface area contributed by atoms with E-state index in [0.717, 1.165) is 0 Å². The van der Waals surface area contributed by atoms with E-state index in [9.17, 15) is 52.7 Å². The Bertz CT molecular complexity index is 347. The van der Waals surface area contributed by atoms with Crippen molar-refractivity contribution in [2.45, 2.75) is 38.6 Å². The van der Waals surface area contributed by atoms with Gasteiger partial charge in [0.1, 0.15) is 0 Å². The third-order valence-corrected chi connectivity index (χ3v) is 3.11. The zero-order chi connectivity index (χ0) is 18.4. The number of alkyl halides is 12. The van der Waals surface area contributed by atoms with E-state index in [-0.39, 0.29) is 0 Å². The minimum Gasteiger partial charge on any atom is -0.170 e. The average molecular weight is 356 g/mol. The molecule has 0 fully saturated rings. The monoisotopic (exact) mass is 356 g/mol. The Labute approximate surface area is 115 Å². The number of halogens is 12. The highest BCUT2D eigenvalue weighted by atomic mass is 19.4. The summed E-state index contributed by atoms with van der Waals surface area (Å²) in [4.78, 5) is 0. The van der Waals surface area contributed by atoms with Gasteiger partial charge in [0.25, 0.3) is 0 Å². The number of hydrogen-bond acceptors (Lipinski definition) is 0. The lowest BCUT2D eigenvalue weighted by atomic mass is 9.82. The third-order valence-electron chi connectivity index (χ3n) is 3.11. The van der Waals surface area contributed by atoms with Gasteiger partial charge >= 0.3 is 24.7 Å². The molecule has 0 aliphatic carbocycles. The molecule has 0 rings (SSSR count). The standard InChI is InChI=1S/C10H8F12/c1-5(7(11,12)13,8(14,15)16)3-4-6(2,9(17,18)19)10(20,21)22/h3-4H,1-2H3. The first-order valence-electron chi connectivity index (χ1n) is 5.18. The van der Waals surface area contributed by atoms with Crippen LogP contribution < -0.4 is 0 Å². The first-order chi connectivity index (χ1) is 9.21. The van der Waals surface area contributed by atoms with Crippen molar-refractivity contribution in [1.82, 2.24) is 0 Å². The molecule has 0 atom stereocenters. The van der Waals surface area contributed by atoms with E-state index in [1.165, 1.54) is 0 Å². The highest BCUT2D eigenvalue weighted by molar-refractivity contribution is 5.14. The molecular formula is C10H8F12. The Kier molecular flexibility index (Phi) is 4.96. The lowest BCUT2D eigenvalue weighted by molar-refractivity contribution is -0.323. The van der Waals surface area contributed by atoms with E-state index in [4.69, 9.17) is 0 Å². The van der Waals surface area contributed by atoms with Crippen molar-refractivity contribution in [3.8, 4) is 0 Å². The fraction of sp³-hybridized carbons (Fsp3) is 0.800. The van der Waals surface area contributed by atoms with Crippen LogP contribution in [0.3, 0.4) is 0 Å². The second-order valence-electron chi connectivity index (χ2n) is 4.73. The highest BCUT2D eigenvalue weighted by Crippen LogP contribution is 2.55. The maximum absolute atomic E-state index is 12.4. The van der Waals surface area contributed by atoms with Crippen LogP contribution >= 0.6 is 0 Å². The van der Waals surface area contributed by atoms with Crippen LogP contribution in [0.25, 0.3) is 0 Å². The molecule has 0 aromatic carbocycles. The lowest BCUT2D eigenvalue weighted by Gasteiger charge is -2.35. The first-order valence-corrected chi connectivity index (χ1v) is 5.18. The van der Waals surface area contributed by atoms with Gasteiger partial charge in [0.2, 0.25) is 0 Å². The molecule has 0 aliphatic heterocycles. The van der Waals surface area contributed by atoms with Gasteiger partial charge in [-0.25, -0.2) is 0 Å². The van der Waals surface area contributed by atoms with Gasteiger partial charge in [-0.3, -0.25) is 0 Å². The fourth-order valence-electron chi connectivity index (χ4n) is 1.03.